The second-order valence-corrected chi connectivity index (χ2v) is 5.56. The minimum Gasteiger partial charge on any atom is -0.480 e. The van der Waals surface area contributed by atoms with Crippen LogP contribution in [0.2, 0.25) is 0 Å². The van der Waals surface area contributed by atoms with Gasteiger partial charge in [-0.2, -0.15) is 0 Å². The molecule has 1 rings (SSSR count). The molecule has 2 N–H and O–H groups in total. The molecule has 1 amide bonds. The second-order valence-electron chi connectivity index (χ2n) is 4.58. The Balaban J connectivity index is 2.29. The van der Waals surface area contributed by atoms with E-state index in [1.807, 2.05) is 37.3 Å². The number of unbranched alkanes of at least 4 members (excludes halogenated alkanes) is 1. The summed E-state index contributed by atoms with van der Waals surface area (Å²) in [6.45, 7) is 2.00. The number of carboxylic acids is 1. The van der Waals surface area contributed by atoms with Crippen LogP contribution in [0.4, 0.5) is 0 Å². The monoisotopic (exact) mass is 295 g/mol. The van der Waals surface area contributed by atoms with Crippen molar-refractivity contribution in [1.29, 1.82) is 0 Å². The lowest BCUT2D eigenvalue weighted by atomic mass is 10.1. The lowest BCUT2D eigenvalue weighted by Crippen LogP contribution is -2.41. The zero-order chi connectivity index (χ0) is 14.8. The Labute approximate surface area is 124 Å². The maximum Gasteiger partial charge on any atom is 0.326 e. The van der Waals surface area contributed by atoms with Gasteiger partial charge in [0.1, 0.15) is 6.04 Å². The summed E-state index contributed by atoms with van der Waals surface area (Å²) in [7, 11) is 0. The minimum atomic E-state index is -0.958. The summed E-state index contributed by atoms with van der Waals surface area (Å²) in [6, 6.07) is 9.12. The summed E-state index contributed by atoms with van der Waals surface area (Å²) in [4.78, 5) is 22.7. The highest BCUT2D eigenvalue weighted by Gasteiger charge is 2.18. The molecule has 0 bridgehead atoms. The highest BCUT2D eigenvalue weighted by atomic mass is 32.2. The number of carboxylic acid groups (broad SMARTS) is 1. The average Bonchev–Trinajstić information content (AvgIpc) is 2.44. The molecule has 0 saturated heterocycles. The average molecular weight is 295 g/mol. The lowest BCUT2D eigenvalue weighted by Gasteiger charge is -2.13. The van der Waals surface area contributed by atoms with Gasteiger partial charge in [-0.05, 0) is 12.0 Å². The Kier molecular flexibility index (Phi) is 7.80. The summed E-state index contributed by atoms with van der Waals surface area (Å²) in [5.74, 6) is -0.138. The van der Waals surface area contributed by atoms with Gasteiger partial charge in [-0.3, -0.25) is 4.79 Å². The van der Waals surface area contributed by atoms with Crippen molar-refractivity contribution in [1.82, 2.24) is 5.32 Å². The Morgan fingerprint density at radius 2 is 2.00 bits per heavy atom. The fourth-order valence-electron chi connectivity index (χ4n) is 1.74. The number of hydrogen-bond donors (Lipinski definition) is 2. The third-order valence-corrected chi connectivity index (χ3v) is 3.83. The van der Waals surface area contributed by atoms with Gasteiger partial charge in [0.2, 0.25) is 5.91 Å². The molecule has 1 aromatic rings. The molecule has 110 valence electrons. The molecule has 0 saturated carbocycles. The third kappa shape index (κ3) is 6.61. The van der Waals surface area contributed by atoms with E-state index in [2.05, 4.69) is 5.32 Å². The zero-order valence-electron chi connectivity index (χ0n) is 11.7. The van der Waals surface area contributed by atoms with E-state index in [9.17, 15) is 9.59 Å². The van der Waals surface area contributed by atoms with E-state index in [-0.39, 0.29) is 11.7 Å². The molecule has 0 unspecified atom stereocenters. The van der Waals surface area contributed by atoms with Crippen LogP contribution >= 0.6 is 11.8 Å². The molecule has 0 aliphatic heterocycles. The van der Waals surface area contributed by atoms with Gasteiger partial charge in [0, 0.05) is 5.75 Å². The quantitative estimate of drug-likeness (QED) is 0.735. The van der Waals surface area contributed by atoms with Crippen molar-refractivity contribution in [2.45, 2.75) is 38.0 Å². The molecule has 0 fully saturated rings. The van der Waals surface area contributed by atoms with Crippen molar-refractivity contribution in [3.63, 3.8) is 0 Å². The van der Waals surface area contributed by atoms with Crippen LogP contribution in [-0.2, 0) is 15.3 Å². The molecule has 1 aromatic carbocycles. The molecule has 0 spiro atoms. The number of hydrogen-bond acceptors (Lipinski definition) is 3. The van der Waals surface area contributed by atoms with Crippen molar-refractivity contribution in [3.05, 3.63) is 35.9 Å². The maximum atomic E-state index is 11.7. The van der Waals surface area contributed by atoms with Crippen LogP contribution in [0.25, 0.3) is 0 Å². The van der Waals surface area contributed by atoms with Gasteiger partial charge in [0.05, 0.1) is 5.75 Å². The maximum absolute atomic E-state index is 11.7. The summed E-state index contributed by atoms with van der Waals surface area (Å²) in [5.41, 5.74) is 1.16. The molecule has 0 aliphatic carbocycles. The Morgan fingerprint density at radius 1 is 1.30 bits per heavy atom. The molecule has 4 nitrogen and oxygen atoms in total. The van der Waals surface area contributed by atoms with Gasteiger partial charge in [-0.1, -0.05) is 50.1 Å². The van der Waals surface area contributed by atoms with Gasteiger partial charge in [0.25, 0.3) is 0 Å². The van der Waals surface area contributed by atoms with E-state index in [1.165, 1.54) is 11.8 Å². The van der Waals surface area contributed by atoms with E-state index in [4.69, 9.17) is 5.11 Å². The fraction of sp³-hybridized carbons (Fsp3) is 0.467. The number of thioether (sulfide) groups is 1. The standard InChI is InChI=1S/C15H21NO3S/c1-2-3-9-13(15(18)19)16-14(17)11-20-10-12-7-5-4-6-8-12/h4-8,13H,2-3,9-11H2,1H3,(H,16,17)(H,18,19)/t13-/m0/s1. The van der Waals surface area contributed by atoms with Gasteiger partial charge in [-0.25, -0.2) is 4.79 Å². The molecule has 0 radical (unpaired) electrons. The predicted octanol–water partition coefficient (Wildman–Crippen LogP) is 2.68. The lowest BCUT2D eigenvalue weighted by molar-refractivity contribution is -0.141. The fourth-order valence-corrected chi connectivity index (χ4v) is 2.54. The topological polar surface area (TPSA) is 66.4 Å². The van der Waals surface area contributed by atoms with E-state index in [0.29, 0.717) is 6.42 Å². The molecule has 0 heterocycles. The van der Waals surface area contributed by atoms with E-state index >= 15 is 0 Å². The predicted molar refractivity (Wildman–Crippen MR) is 81.7 cm³/mol. The number of benzene rings is 1. The molecule has 0 aromatic heterocycles. The van der Waals surface area contributed by atoms with E-state index in [0.717, 1.165) is 24.2 Å². The van der Waals surface area contributed by atoms with Crippen LogP contribution in [0.1, 0.15) is 31.7 Å². The van der Waals surface area contributed by atoms with Gasteiger partial charge in [-0.15, -0.1) is 11.8 Å². The first-order valence-corrected chi connectivity index (χ1v) is 7.92. The number of nitrogens with one attached hydrogen (secondary N) is 1. The highest BCUT2D eigenvalue weighted by molar-refractivity contribution is 7.99. The van der Waals surface area contributed by atoms with Crippen molar-refractivity contribution < 1.29 is 14.7 Å². The normalized spacial score (nSPS) is 11.8. The van der Waals surface area contributed by atoms with E-state index in [1.54, 1.807) is 0 Å². The number of rotatable bonds is 9. The molecular weight excluding hydrogens is 274 g/mol. The SMILES string of the molecule is CCCC[C@H](NC(=O)CSCc1ccccc1)C(=O)O. The molecule has 1 atom stereocenters. The summed E-state index contributed by atoms with van der Waals surface area (Å²) in [5, 5.41) is 11.6. The van der Waals surface area contributed by atoms with Gasteiger partial charge >= 0.3 is 5.97 Å². The second kappa shape index (κ2) is 9.42. The molecule has 0 aliphatic rings. The van der Waals surface area contributed by atoms with Crippen molar-refractivity contribution in [3.8, 4) is 0 Å². The van der Waals surface area contributed by atoms with Crippen LogP contribution in [0.3, 0.4) is 0 Å². The minimum absolute atomic E-state index is 0.213. The third-order valence-electron chi connectivity index (χ3n) is 2.82. The first kappa shape index (κ1) is 16.6. The highest BCUT2D eigenvalue weighted by Crippen LogP contribution is 2.11. The van der Waals surface area contributed by atoms with Crippen molar-refractivity contribution in [2.75, 3.05) is 5.75 Å². The van der Waals surface area contributed by atoms with Crippen LogP contribution in [0.5, 0.6) is 0 Å². The Hall–Kier alpha value is -1.49. The number of amides is 1. The van der Waals surface area contributed by atoms with Crippen LogP contribution in [-0.4, -0.2) is 28.8 Å². The molecule has 5 heteroatoms. The molecule has 20 heavy (non-hydrogen) atoms. The van der Waals surface area contributed by atoms with Gasteiger partial charge < -0.3 is 10.4 Å². The summed E-state index contributed by atoms with van der Waals surface area (Å²) >= 11 is 1.49. The van der Waals surface area contributed by atoms with Crippen LogP contribution < -0.4 is 5.32 Å². The number of carbonyl (C=O) groups excluding carboxylic acids is 1. The first-order valence-electron chi connectivity index (χ1n) is 6.77. The van der Waals surface area contributed by atoms with Crippen molar-refractivity contribution >= 4 is 23.6 Å². The Morgan fingerprint density at radius 3 is 2.60 bits per heavy atom. The number of aliphatic carboxylic acids is 1. The smallest absolute Gasteiger partial charge is 0.326 e. The Bertz CT molecular complexity index is 422. The van der Waals surface area contributed by atoms with Gasteiger partial charge in [0.15, 0.2) is 0 Å². The van der Waals surface area contributed by atoms with Crippen molar-refractivity contribution in [2.24, 2.45) is 0 Å². The first-order chi connectivity index (χ1) is 9.63. The number of carbonyl (C=O) groups is 2. The molecular formula is C15H21NO3S. The van der Waals surface area contributed by atoms with Crippen LogP contribution in [0.15, 0.2) is 30.3 Å². The van der Waals surface area contributed by atoms with Crippen LogP contribution in [0, 0.1) is 0 Å². The zero-order valence-corrected chi connectivity index (χ0v) is 12.5. The summed E-state index contributed by atoms with van der Waals surface area (Å²) in [6.07, 6.45) is 2.21. The summed E-state index contributed by atoms with van der Waals surface area (Å²) < 4.78 is 0. The largest absolute Gasteiger partial charge is 0.480 e. The van der Waals surface area contributed by atoms with E-state index < -0.39 is 12.0 Å².